The summed E-state index contributed by atoms with van der Waals surface area (Å²) in [5, 5.41) is 8.86. The maximum absolute atomic E-state index is 14.3. The van der Waals surface area contributed by atoms with Crippen molar-refractivity contribution in [2.24, 2.45) is 0 Å². The molecule has 2 aliphatic rings. The molecule has 4 amide bonds. The lowest BCUT2D eigenvalue weighted by atomic mass is 9.80. The van der Waals surface area contributed by atoms with Crippen molar-refractivity contribution < 1.29 is 23.6 Å². The maximum atomic E-state index is 14.3. The first kappa shape index (κ1) is 29.6. The summed E-state index contributed by atoms with van der Waals surface area (Å²) in [5.74, 6) is -2.45. The highest BCUT2D eigenvalue weighted by molar-refractivity contribution is 6.42. The third-order valence-electron chi connectivity index (χ3n) is 8.52. The highest BCUT2D eigenvalue weighted by atomic mass is 35.5. The Morgan fingerprint density at radius 1 is 0.609 bits per heavy atom. The van der Waals surface area contributed by atoms with Crippen molar-refractivity contribution in [2.75, 3.05) is 9.80 Å². The summed E-state index contributed by atoms with van der Waals surface area (Å²) in [6.07, 6.45) is 0. The van der Waals surface area contributed by atoms with E-state index in [2.05, 4.69) is 31.0 Å². The van der Waals surface area contributed by atoms with Crippen LogP contribution in [0, 0.1) is 0 Å². The van der Waals surface area contributed by atoms with Gasteiger partial charge in [-0.2, -0.15) is 4.90 Å². The molecule has 1 aromatic heterocycles. The molecule has 0 bridgehead atoms. The average molecular weight is 633 g/mol. The predicted octanol–water partition coefficient (Wildman–Crippen LogP) is 7.74. The summed E-state index contributed by atoms with van der Waals surface area (Å²) in [4.78, 5) is 58.3. The first-order valence-electron chi connectivity index (χ1n) is 14.8. The summed E-state index contributed by atoms with van der Waals surface area (Å²) in [7, 11) is 0. The fourth-order valence-corrected chi connectivity index (χ4v) is 6.35. The summed E-state index contributed by atoms with van der Waals surface area (Å²) < 4.78 is 5.75. The fraction of sp³-hybridized carbons (Fsp3) is 0.222. The van der Waals surface area contributed by atoms with Gasteiger partial charge in [0.25, 0.3) is 29.5 Å². The number of carbonyl (C=O) groups is 4. The minimum absolute atomic E-state index is 0.0404. The molecule has 0 spiro atoms. The zero-order valence-corrected chi connectivity index (χ0v) is 26.8. The van der Waals surface area contributed by atoms with Crippen LogP contribution in [0.4, 0.5) is 11.7 Å². The molecular weight excluding hydrogens is 604 g/mol. The van der Waals surface area contributed by atoms with Gasteiger partial charge in [-0.05, 0) is 64.4 Å². The molecule has 0 aliphatic carbocycles. The maximum Gasteiger partial charge on any atom is 0.332 e. The summed E-state index contributed by atoms with van der Waals surface area (Å²) in [6.45, 7) is 12.3. The Morgan fingerprint density at radius 3 is 1.63 bits per heavy atom. The Balaban J connectivity index is 1.36. The molecule has 9 nitrogen and oxygen atoms in total. The van der Waals surface area contributed by atoms with Crippen molar-refractivity contribution in [1.29, 1.82) is 0 Å². The number of aromatic nitrogens is 2. The molecule has 0 saturated carbocycles. The Kier molecular flexibility index (Phi) is 6.38. The summed E-state index contributed by atoms with van der Waals surface area (Å²) in [5.41, 5.74) is 2.88. The lowest BCUT2D eigenvalue weighted by Gasteiger charge is -2.34. The number of nitrogens with zero attached hydrogens (tertiary/aromatic N) is 4. The van der Waals surface area contributed by atoms with Gasteiger partial charge >= 0.3 is 6.01 Å². The van der Waals surface area contributed by atoms with E-state index in [0.29, 0.717) is 16.3 Å². The van der Waals surface area contributed by atoms with Gasteiger partial charge in [-0.25, -0.2) is 4.90 Å². The molecule has 0 saturated heterocycles. The number of benzene rings is 4. The van der Waals surface area contributed by atoms with E-state index in [4.69, 9.17) is 16.0 Å². The van der Waals surface area contributed by atoms with Crippen LogP contribution in [-0.4, -0.2) is 33.8 Å². The van der Waals surface area contributed by atoms with Crippen molar-refractivity contribution in [3.63, 3.8) is 0 Å². The van der Waals surface area contributed by atoms with E-state index in [1.54, 1.807) is 24.3 Å². The van der Waals surface area contributed by atoms with E-state index in [1.807, 2.05) is 39.0 Å². The van der Waals surface area contributed by atoms with Gasteiger partial charge in [0.15, 0.2) is 0 Å². The largest absolute Gasteiger partial charge is 0.403 e. The van der Waals surface area contributed by atoms with Crippen molar-refractivity contribution in [3.05, 3.63) is 105 Å². The van der Waals surface area contributed by atoms with Gasteiger partial charge in [0.1, 0.15) is 0 Å². The zero-order valence-electron chi connectivity index (χ0n) is 26.1. The van der Waals surface area contributed by atoms with Crippen LogP contribution in [0.1, 0.15) is 94.1 Å². The topological polar surface area (TPSA) is 114 Å². The Labute approximate surface area is 269 Å². The van der Waals surface area contributed by atoms with Gasteiger partial charge in [-0.3, -0.25) is 19.2 Å². The number of imide groups is 2. The Hall–Kier alpha value is -5.15. The standard InChI is InChI=1S/C36H29ClN4O5/c1-35(2,3)18-11-16-24(36(4,5)6)26(17-18)40-30(42)20-12-14-22-28-23(15-13-21(27(20)28)31(40)43)33(45)41(32(22)44)34-39-38-29(46-34)19-9-7-8-10-25(19)37/h7-17H,1-6H3. The van der Waals surface area contributed by atoms with E-state index in [-0.39, 0.29) is 55.8 Å². The SMILES string of the molecule is CC(C)(C)c1ccc(C(C)(C)C)c(N2C(=O)c3ccc4c5c(ccc(c35)C2=O)C(=O)N(c2nnc(-c3ccccc3Cl)o2)C4=O)c1. The van der Waals surface area contributed by atoms with Crippen LogP contribution in [0.2, 0.25) is 5.02 Å². The second-order valence-corrected chi connectivity index (χ2v) is 14.0. The molecule has 0 radical (unpaired) electrons. The van der Waals surface area contributed by atoms with Crippen LogP contribution >= 0.6 is 11.6 Å². The first-order chi connectivity index (χ1) is 21.7. The van der Waals surface area contributed by atoms with E-state index in [1.165, 1.54) is 29.2 Å². The quantitative estimate of drug-likeness (QED) is 0.187. The minimum atomic E-state index is -0.717. The molecule has 4 aromatic carbocycles. The van der Waals surface area contributed by atoms with Gasteiger partial charge in [-0.15, -0.1) is 5.10 Å². The van der Waals surface area contributed by atoms with Gasteiger partial charge in [0.2, 0.25) is 0 Å². The minimum Gasteiger partial charge on any atom is -0.403 e. The highest BCUT2D eigenvalue weighted by Gasteiger charge is 2.43. The monoisotopic (exact) mass is 632 g/mol. The van der Waals surface area contributed by atoms with Crippen LogP contribution in [0.3, 0.4) is 0 Å². The van der Waals surface area contributed by atoms with Crippen molar-refractivity contribution in [1.82, 2.24) is 10.2 Å². The summed E-state index contributed by atoms with van der Waals surface area (Å²) >= 11 is 6.28. The predicted molar refractivity (Wildman–Crippen MR) is 175 cm³/mol. The molecule has 0 unspecified atom stereocenters. The van der Waals surface area contributed by atoms with Crippen LogP contribution < -0.4 is 9.80 Å². The Bertz CT molecular complexity index is 2120. The van der Waals surface area contributed by atoms with E-state index in [0.717, 1.165) is 16.0 Å². The number of carbonyl (C=O) groups excluding carboxylic acids is 4. The normalized spacial score (nSPS) is 14.9. The van der Waals surface area contributed by atoms with Crippen LogP contribution in [0.5, 0.6) is 0 Å². The number of amides is 4. The summed E-state index contributed by atoms with van der Waals surface area (Å²) in [6, 6.07) is 18.5. The van der Waals surface area contributed by atoms with Gasteiger partial charge in [-0.1, -0.05) is 82.5 Å². The molecule has 7 rings (SSSR count). The molecule has 0 atom stereocenters. The molecule has 5 aromatic rings. The van der Waals surface area contributed by atoms with Crippen LogP contribution in [0.25, 0.3) is 22.2 Å². The molecule has 3 heterocycles. The lowest BCUT2D eigenvalue weighted by molar-refractivity contribution is 0.0868. The molecule has 2 aliphatic heterocycles. The second kappa shape index (κ2) is 9.92. The number of hydrogen-bond donors (Lipinski definition) is 0. The number of halogens is 1. The van der Waals surface area contributed by atoms with E-state index in [9.17, 15) is 19.2 Å². The van der Waals surface area contributed by atoms with Crippen LogP contribution in [-0.2, 0) is 10.8 Å². The van der Waals surface area contributed by atoms with Crippen molar-refractivity contribution in [3.8, 4) is 11.5 Å². The smallest absolute Gasteiger partial charge is 0.332 e. The van der Waals surface area contributed by atoms with Gasteiger partial charge in [0.05, 0.1) is 16.3 Å². The fourth-order valence-electron chi connectivity index (χ4n) is 6.13. The molecule has 230 valence electrons. The van der Waals surface area contributed by atoms with Crippen LogP contribution in [0.15, 0.2) is 71.1 Å². The highest BCUT2D eigenvalue weighted by Crippen LogP contribution is 2.43. The van der Waals surface area contributed by atoms with Crippen molar-refractivity contribution >= 4 is 57.7 Å². The van der Waals surface area contributed by atoms with Gasteiger partial charge < -0.3 is 4.42 Å². The zero-order chi connectivity index (χ0) is 32.9. The van der Waals surface area contributed by atoms with E-state index < -0.39 is 23.6 Å². The average Bonchev–Trinajstić information content (AvgIpc) is 3.47. The molecule has 46 heavy (non-hydrogen) atoms. The first-order valence-corrected chi connectivity index (χ1v) is 15.2. The van der Waals surface area contributed by atoms with E-state index >= 15 is 0 Å². The number of hydrogen-bond acceptors (Lipinski definition) is 7. The molecule has 0 fully saturated rings. The molecule has 0 N–H and O–H groups in total. The third-order valence-corrected chi connectivity index (χ3v) is 8.85. The number of anilines is 2. The molecular formula is C36H29ClN4O5. The lowest BCUT2D eigenvalue weighted by Crippen LogP contribution is -2.44. The van der Waals surface area contributed by atoms with Crippen molar-refractivity contribution in [2.45, 2.75) is 52.4 Å². The number of rotatable bonds is 3. The third kappa shape index (κ3) is 4.29. The molecule has 10 heteroatoms. The Morgan fingerprint density at radius 2 is 1.13 bits per heavy atom. The van der Waals surface area contributed by atoms with Gasteiger partial charge in [0, 0.05) is 33.0 Å². The second-order valence-electron chi connectivity index (χ2n) is 13.6.